The summed E-state index contributed by atoms with van der Waals surface area (Å²) < 4.78 is 6.94. The summed E-state index contributed by atoms with van der Waals surface area (Å²) >= 11 is 1.56. The fourth-order valence-corrected chi connectivity index (χ4v) is 4.19. The minimum atomic E-state index is -0.0963. The topological polar surface area (TPSA) is 75.4 Å². The van der Waals surface area contributed by atoms with Gasteiger partial charge in [0, 0.05) is 38.6 Å². The van der Waals surface area contributed by atoms with E-state index in [9.17, 15) is 4.79 Å². The predicted molar refractivity (Wildman–Crippen MR) is 107 cm³/mol. The number of aromatic nitrogens is 3. The van der Waals surface area contributed by atoms with Gasteiger partial charge in [-0.2, -0.15) is 0 Å². The van der Waals surface area contributed by atoms with E-state index in [0.717, 1.165) is 15.2 Å². The van der Waals surface area contributed by atoms with Crippen LogP contribution in [-0.2, 0) is 0 Å². The summed E-state index contributed by atoms with van der Waals surface area (Å²) in [6, 6.07) is 13.3. The molecule has 1 aliphatic rings. The Morgan fingerprint density at radius 1 is 0.964 bits per heavy atom. The molecule has 0 unspecified atom stereocenters. The van der Waals surface area contributed by atoms with Crippen LogP contribution in [0.15, 0.2) is 59.3 Å². The molecule has 1 aliphatic heterocycles. The average molecular weight is 391 g/mol. The number of nitrogens with zero attached hydrogens (tertiary/aromatic N) is 5. The van der Waals surface area contributed by atoms with E-state index in [-0.39, 0.29) is 5.91 Å². The molecule has 0 bridgehead atoms. The first kappa shape index (κ1) is 16.9. The predicted octanol–water partition coefficient (Wildman–Crippen LogP) is 3.31. The Labute approximate surface area is 165 Å². The van der Waals surface area contributed by atoms with Gasteiger partial charge in [-0.25, -0.2) is 15.0 Å². The highest BCUT2D eigenvalue weighted by Crippen LogP contribution is 2.31. The number of carbonyl (C=O) groups excluding carboxylic acids is 1. The highest BCUT2D eigenvalue weighted by molar-refractivity contribution is 7.21. The van der Waals surface area contributed by atoms with Gasteiger partial charge in [0.05, 0.1) is 10.2 Å². The van der Waals surface area contributed by atoms with Crippen LogP contribution in [0, 0.1) is 0 Å². The number of furan rings is 1. The lowest BCUT2D eigenvalue weighted by molar-refractivity contribution is 0.0715. The molecule has 7 nitrogen and oxygen atoms in total. The van der Waals surface area contributed by atoms with E-state index < -0.39 is 0 Å². The molecule has 0 spiro atoms. The van der Waals surface area contributed by atoms with Gasteiger partial charge in [0.2, 0.25) is 5.95 Å². The summed E-state index contributed by atoms with van der Waals surface area (Å²) in [5.41, 5.74) is 0.936. The second kappa shape index (κ2) is 7.05. The van der Waals surface area contributed by atoms with Crippen LogP contribution in [0.5, 0.6) is 0 Å². The number of carbonyl (C=O) groups is 1. The molecule has 0 atom stereocenters. The number of para-hydroxylation sites is 1. The maximum atomic E-state index is 12.8. The number of thiazole rings is 1. The number of hydrogen-bond donors (Lipinski definition) is 0. The Morgan fingerprint density at radius 2 is 1.75 bits per heavy atom. The van der Waals surface area contributed by atoms with Crippen LogP contribution in [0.1, 0.15) is 10.6 Å². The molecule has 1 fully saturated rings. The summed E-state index contributed by atoms with van der Waals surface area (Å²) in [4.78, 5) is 29.8. The molecule has 3 aromatic heterocycles. The Bertz CT molecular complexity index is 1080. The number of anilines is 1. The second-order valence-corrected chi connectivity index (χ2v) is 7.51. The lowest BCUT2D eigenvalue weighted by atomic mass is 10.3. The molecule has 8 heteroatoms. The summed E-state index contributed by atoms with van der Waals surface area (Å²) in [5.74, 6) is 1.58. The van der Waals surface area contributed by atoms with Crippen molar-refractivity contribution in [2.75, 3.05) is 31.1 Å². The maximum absolute atomic E-state index is 12.8. The summed E-state index contributed by atoms with van der Waals surface area (Å²) in [6.07, 6.45) is 3.46. The quantitative estimate of drug-likeness (QED) is 0.533. The van der Waals surface area contributed by atoms with Crippen molar-refractivity contribution in [1.29, 1.82) is 0 Å². The lowest BCUT2D eigenvalue weighted by Crippen LogP contribution is -2.49. The Kier molecular flexibility index (Phi) is 4.25. The van der Waals surface area contributed by atoms with Gasteiger partial charge in [-0.1, -0.05) is 12.1 Å². The van der Waals surface area contributed by atoms with Gasteiger partial charge in [-0.05, 0) is 30.3 Å². The van der Waals surface area contributed by atoms with Crippen LogP contribution in [0.3, 0.4) is 0 Å². The van der Waals surface area contributed by atoms with Crippen molar-refractivity contribution in [3.8, 4) is 10.8 Å². The first-order chi connectivity index (χ1) is 13.8. The third-order valence-electron chi connectivity index (χ3n) is 4.72. The minimum absolute atomic E-state index is 0.0963. The number of piperazine rings is 1. The Morgan fingerprint density at radius 3 is 2.54 bits per heavy atom. The molecule has 0 N–H and O–H groups in total. The summed E-state index contributed by atoms with van der Waals surface area (Å²) in [5, 5.41) is 0.784. The number of hydrogen-bond acceptors (Lipinski definition) is 7. The van der Waals surface area contributed by atoms with Crippen molar-refractivity contribution in [3.63, 3.8) is 0 Å². The van der Waals surface area contributed by atoms with Crippen LogP contribution < -0.4 is 4.90 Å². The Balaban J connectivity index is 1.29. The van der Waals surface area contributed by atoms with Gasteiger partial charge in [-0.3, -0.25) is 4.79 Å². The molecule has 0 saturated carbocycles. The zero-order valence-corrected chi connectivity index (χ0v) is 15.8. The molecule has 4 heterocycles. The normalized spacial score (nSPS) is 14.6. The van der Waals surface area contributed by atoms with Crippen LogP contribution in [0.4, 0.5) is 5.95 Å². The standard InChI is InChI=1S/C20H17N5O2S/c26-19(24-10-12-25(13-11-24)20-21-8-3-9-22-20)16-7-6-15(27-16)18-23-14-4-1-2-5-17(14)28-18/h1-9H,10-13H2. The Hall–Kier alpha value is -3.26. The molecule has 1 amide bonds. The minimum Gasteiger partial charge on any atom is -0.448 e. The van der Waals surface area contributed by atoms with Crippen LogP contribution >= 0.6 is 11.3 Å². The summed E-state index contributed by atoms with van der Waals surface area (Å²) in [7, 11) is 0. The highest BCUT2D eigenvalue weighted by atomic mass is 32.1. The van der Waals surface area contributed by atoms with E-state index in [4.69, 9.17) is 4.42 Å². The van der Waals surface area contributed by atoms with Crippen molar-refractivity contribution >= 4 is 33.4 Å². The SMILES string of the molecule is O=C(c1ccc(-c2nc3ccccc3s2)o1)N1CCN(c2ncccn2)CC1. The number of benzene rings is 1. The van der Waals surface area contributed by atoms with E-state index in [1.54, 1.807) is 40.8 Å². The van der Waals surface area contributed by atoms with Gasteiger partial charge in [-0.15, -0.1) is 11.3 Å². The average Bonchev–Trinajstić information content (AvgIpc) is 3.41. The van der Waals surface area contributed by atoms with Crippen molar-refractivity contribution in [2.24, 2.45) is 0 Å². The van der Waals surface area contributed by atoms with Crippen molar-refractivity contribution < 1.29 is 9.21 Å². The molecular weight excluding hydrogens is 374 g/mol. The molecule has 4 aromatic rings. The molecule has 1 aromatic carbocycles. The van der Waals surface area contributed by atoms with Crippen LogP contribution in [0.25, 0.3) is 21.0 Å². The number of amides is 1. The first-order valence-corrected chi connectivity index (χ1v) is 9.86. The van der Waals surface area contributed by atoms with Gasteiger partial charge in [0.15, 0.2) is 16.5 Å². The fraction of sp³-hybridized carbons (Fsp3) is 0.200. The third-order valence-corrected chi connectivity index (χ3v) is 5.77. The van der Waals surface area contributed by atoms with Crippen molar-refractivity contribution in [2.45, 2.75) is 0 Å². The molecule has 0 radical (unpaired) electrons. The monoisotopic (exact) mass is 391 g/mol. The van der Waals surface area contributed by atoms with E-state index in [0.29, 0.717) is 43.6 Å². The first-order valence-electron chi connectivity index (χ1n) is 9.05. The van der Waals surface area contributed by atoms with Gasteiger partial charge < -0.3 is 14.2 Å². The van der Waals surface area contributed by atoms with Crippen molar-refractivity contribution in [1.82, 2.24) is 19.9 Å². The molecule has 5 rings (SSSR count). The molecule has 0 aliphatic carbocycles. The molecular formula is C20H17N5O2S. The lowest BCUT2D eigenvalue weighted by Gasteiger charge is -2.34. The van der Waals surface area contributed by atoms with E-state index in [1.165, 1.54) is 0 Å². The summed E-state index contributed by atoms with van der Waals surface area (Å²) in [6.45, 7) is 2.60. The van der Waals surface area contributed by atoms with E-state index >= 15 is 0 Å². The largest absolute Gasteiger partial charge is 0.448 e. The second-order valence-electron chi connectivity index (χ2n) is 6.48. The highest BCUT2D eigenvalue weighted by Gasteiger charge is 2.25. The number of fused-ring (bicyclic) bond motifs is 1. The van der Waals surface area contributed by atoms with E-state index in [2.05, 4.69) is 19.9 Å². The third kappa shape index (κ3) is 3.11. The fourth-order valence-electron chi connectivity index (χ4n) is 3.27. The van der Waals surface area contributed by atoms with Crippen molar-refractivity contribution in [3.05, 3.63) is 60.6 Å². The molecule has 1 saturated heterocycles. The van der Waals surface area contributed by atoms with Crippen LogP contribution in [-0.4, -0.2) is 51.9 Å². The zero-order chi connectivity index (χ0) is 18.9. The van der Waals surface area contributed by atoms with Crippen LogP contribution in [0.2, 0.25) is 0 Å². The zero-order valence-electron chi connectivity index (χ0n) is 15.0. The van der Waals surface area contributed by atoms with Gasteiger partial charge >= 0.3 is 0 Å². The maximum Gasteiger partial charge on any atom is 0.289 e. The number of rotatable bonds is 3. The smallest absolute Gasteiger partial charge is 0.289 e. The van der Waals surface area contributed by atoms with Gasteiger partial charge in [0.1, 0.15) is 0 Å². The van der Waals surface area contributed by atoms with E-state index in [1.807, 2.05) is 30.3 Å². The van der Waals surface area contributed by atoms with Gasteiger partial charge in [0.25, 0.3) is 5.91 Å². The molecule has 28 heavy (non-hydrogen) atoms. The molecule has 140 valence electrons.